The van der Waals surface area contributed by atoms with Gasteiger partial charge in [0.1, 0.15) is 11.5 Å². The molecule has 0 aromatic heterocycles. The van der Waals surface area contributed by atoms with E-state index in [0.717, 1.165) is 45.1 Å². The number of hydrogen-bond donors (Lipinski definition) is 2. The van der Waals surface area contributed by atoms with E-state index in [1.54, 1.807) is 26.6 Å². The van der Waals surface area contributed by atoms with Crippen LogP contribution >= 0.6 is 0 Å². The van der Waals surface area contributed by atoms with Gasteiger partial charge >= 0.3 is 0 Å². The van der Waals surface area contributed by atoms with E-state index >= 15 is 0 Å². The number of rotatable bonds is 9. The van der Waals surface area contributed by atoms with Crippen LogP contribution in [-0.4, -0.2) is 26.6 Å². The first-order chi connectivity index (χ1) is 16.7. The molecule has 0 spiro atoms. The predicted octanol–water partition coefficient (Wildman–Crippen LogP) is 6.26. The molecular formula is C28H26N4O2. The highest BCUT2D eigenvalue weighted by Crippen LogP contribution is 2.21. The fraction of sp³-hybridized carbons (Fsp3) is 0.0714. The molecule has 0 amide bonds. The molecule has 4 aromatic rings. The molecule has 0 saturated heterocycles. The van der Waals surface area contributed by atoms with E-state index in [0.29, 0.717) is 0 Å². The first kappa shape index (κ1) is 22.6. The van der Waals surface area contributed by atoms with Crippen LogP contribution in [0.1, 0.15) is 11.1 Å². The van der Waals surface area contributed by atoms with Gasteiger partial charge in [0.05, 0.1) is 38.0 Å². The summed E-state index contributed by atoms with van der Waals surface area (Å²) in [6, 6.07) is 31.8. The maximum Gasteiger partial charge on any atom is 0.120 e. The first-order valence-corrected chi connectivity index (χ1v) is 10.8. The summed E-state index contributed by atoms with van der Waals surface area (Å²) in [7, 11) is 3.29. The highest BCUT2D eigenvalue weighted by molar-refractivity contribution is 5.84. The molecule has 0 aliphatic heterocycles. The van der Waals surface area contributed by atoms with Crippen molar-refractivity contribution >= 4 is 23.8 Å². The van der Waals surface area contributed by atoms with Crippen molar-refractivity contribution in [1.29, 1.82) is 0 Å². The zero-order chi connectivity index (χ0) is 23.6. The highest BCUT2D eigenvalue weighted by Gasteiger charge is 2.00. The number of hydrogen-bond acceptors (Lipinski definition) is 6. The number of anilines is 2. The van der Waals surface area contributed by atoms with Crippen molar-refractivity contribution in [2.45, 2.75) is 0 Å². The van der Waals surface area contributed by atoms with Crippen LogP contribution in [0.4, 0.5) is 11.4 Å². The standard InChI is InChI=1S/C28H26N4O2/c1-33-27-10-4-8-25(17-27)31-29-19-21-12-14-23(15-13-21)24-7-3-6-22(16-24)20-30-32-26-9-5-11-28(18-26)34-2/h3-20,31-32H,1-2H3/b29-19+,30-20+. The van der Waals surface area contributed by atoms with Crippen LogP contribution in [0.2, 0.25) is 0 Å². The maximum absolute atomic E-state index is 5.23. The fourth-order valence-electron chi connectivity index (χ4n) is 3.31. The van der Waals surface area contributed by atoms with Gasteiger partial charge in [0, 0.05) is 12.1 Å². The Kier molecular flexibility index (Phi) is 7.54. The summed E-state index contributed by atoms with van der Waals surface area (Å²) in [6.07, 6.45) is 3.59. The molecule has 0 radical (unpaired) electrons. The molecule has 34 heavy (non-hydrogen) atoms. The third kappa shape index (κ3) is 6.23. The van der Waals surface area contributed by atoms with Crippen molar-refractivity contribution in [2.75, 3.05) is 25.1 Å². The summed E-state index contributed by atoms with van der Waals surface area (Å²) in [5, 5.41) is 8.65. The Hall–Kier alpha value is -4.58. The molecule has 0 unspecified atom stereocenters. The van der Waals surface area contributed by atoms with Crippen LogP contribution in [-0.2, 0) is 0 Å². The minimum Gasteiger partial charge on any atom is -0.497 e. The van der Waals surface area contributed by atoms with Gasteiger partial charge in [-0.25, -0.2) is 0 Å². The van der Waals surface area contributed by atoms with E-state index in [4.69, 9.17) is 9.47 Å². The summed E-state index contributed by atoms with van der Waals surface area (Å²) < 4.78 is 10.5. The molecule has 0 atom stereocenters. The summed E-state index contributed by atoms with van der Waals surface area (Å²) >= 11 is 0. The van der Waals surface area contributed by atoms with Crippen LogP contribution in [0.15, 0.2) is 107 Å². The highest BCUT2D eigenvalue weighted by atomic mass is 16.5. The zero-order valence-electron chi connectivity index (χ0n) is 19.1. The van der Waals surface area contributed by atoms with Gasteiger partial charge < -0.3 is 9.47 Å². The van der Waals surface area contributed by atoms with Gasteiger partial charge in [0.25, 0.3) is 0 Å². The van der Waals surface area contributed by atoms with Gasteiger partial charge in [0.2, 0.25) is 0 Å². The minimum atomic E-state index is 0.784. The molecule has 2 N–H and O–H groups in total. The molecule has 0 aliphatic carbocycles. The maximum atomic E-state index is 5.23. The second-order valence-corrected chi connectivity index (χ2v) is 7.45. The van der Waals surface area contributed by atoms with E-state index in [9.17, 15) is 0 Å². The molecule has 170 valence electrons. The average molecular weight is 451 g/mol. The number of methoxy groups -OCH3 is 2. The summed E-state index contributed by atoms with van der Waals surface area (Å²) in [6.45, 7) is 0. The van der Waals surface area contributed by atoms with Crippen molar-refractivity contribution in [3.05, 3.63) is 108 Å². The molecule has 4 aromatic carbocycles. The molecule has 0 fully saturated rings. The van der Waals surface area contributed by atoms with Gasteiger partial charge in [-0.05, 0) is 52.6 Å². The zero-order valence-corrected chi connectivity index (χ0v) is 19.1. The van der Waals surface area contributed by atoms with E-state index in [1.165, 1.54) is 0 Å². The Morgan fingerprint density at radius 3 is 1.71 bits per heavy atom. The molecule has 0 aliphatic rings. The molecule has 6 nitrogen and oxygen atoms in total. The predicted molar refractivity (Wildman–Crippen MR) is 140 cm³/mol. The third-order valence-corrected chi connectivity index (χ3v) is 5.08. The lowest BCUT2D eigenvalue weighted by Crippen LogP contribution is -1.92. The van der Waals surface area contributed by atoms with Crippen molar-refractivity contribution in [3.8, 4) is 22.6 Å². The van der Waals surface area contributed by atoms with Crippen molar-refractivity contribution in [3.63, 3.8) is 0 Å². The molecule has 4 rings (SSSR count). The second kappa shape index (κ2) is 11.3. The Bertz CT molecular complexity index is 1280. The Balaban J connectivity index is 1.38. The molecule has 6 heteroatoms. The molecule has 0 heterocycles. The van der Waals surface area contributed by atoms with Gasteiger partial charge in [-0.2, -0.15) is 10.2 Å². The van der Waals surface area contributed by atoms with Gasteiger partial charge in [-0.3, -0.25) is 10.9 Å². The minimum absolute atomic E-state index is 0.784. The van der Waals surface area contributed by atoms with Gasteiger partial charge in [0.15, 0.2) is 0 Å². The molecule has 0 bridgehead atoms. The first-order valence-electron chi connectivity index (χ1n) is 10.8. The topological polar surface area (TPSA) is 67.2 Å². The van der Waals surface area contributed by atoms with E-state index in [-0.39, 0.29) is 0 Å². The lowest BCUT2D eigenvalue weighted by Gasteiger charge is -2.05. The average Bonchev–Trinajstić information content (AvgIpc) is 2.89. The Morgan fingerprint density at radius 1 is 0.559 bits per heavy atom. The monoisotopic (exact) mass is 450 g/mol. The second-order valence-electron chi connectivity index (χ2n) is 7.45. The summed E-state index contributed by atoms with van der Waals surface area (Å²) in [5.74, 6) is 1.57. The van der Waals surface area contributed by atoms with Crippen LogP contribution in [0, 0.1) is 0 Å². The van der Waals surface area contributed by atoms with E-state index in [2.05, 4.69) is 45.3 Å². The normalized spacial score (nSPS) is 11.0. The number of hydrazone groups is 2. The van der Waals surface area contributed by atoms with Crippen molar-refractivity contribution in [1.82, 2.24) is 0 Å². The summed E-state index contributed by atoms with van der Waals surface area (Å²) in [4.78, 5) is 0. The summed E-state index contributed by atoms with van der Waals surface area (Å²) in [5.41, 5.74) is 12.0. The number of nitrogens with one attached hydrogen (secondary N) is 2. The fourth-order valence-corrected chi connectivity index (χ4v) is 3.31. The Labute approximate surface area is 199 Å². The van der Waals surface area contributed by atoms with E-state index in [1.807, 2.05) is 72.8 Å². The van der Waals surface area contributed by atoms with Gasteiger partial charge in [-0.15, -0.1) is 0 Å². The third-order valence-electron chi connectivity index (χ3n) is 5.08. The smallest absolute Gasteiger partial charge is 0.120 e. The number of nitrogens with zero attached hydrogens (tertiary/aromatic N) is 2. The number of ether oxygens (including phenoxy) is 2. The largest absolute Gasteiger partial charge is 0.497 e. The molecular weight excluding hydrogens is 424 g/mol. The van der Waals surface area contributed by atoms with Crippen molar-refractivity contribution < 1.29 is 9.47 Å². The number of benzene rings is 4. The van der Waals surface area contributed by atoms with Crippen LogP contribution in [0.3, 0.4) is 0 Å². The van der Waals surface area contributed by atoms with Crippen molar-refractivity contribution in [2.24, 2.45) is 10.2 Å². The van der Waals surface area contributed by atoms with Crippen LogP contribution < -0.4 is 20.3 Å². The quantitative estimate of drug-likeness (QED) is 0.233. The van der Waals surface area contributed by atoms with Crippen LogP contribution in [0.25, 0.3) is 11.1 Å². The lowest BCUT2D eigenvalue weighted by molar-refractivity contribution is 0.415. The van der Waals surface area contributed by atoms with Crippen LogP contribution in [0.5, 0.6) is 11.5 Å². The lowest BCUT2D eigenvalue weighted by atomic mass is 10.0. The SMILES string of the molecule is COc1cccc(N/N=C/c2ccc(-c3cccc(/C=N/Nc4cccc(OC)c4)c3)cc2)c1. The van der Waals surface area contributed by atoms with Gasteiger partial charge in [-0.1, -0.05) is 54.6 Å². The Morgan fingerprint density at radius 2 is 1.12 bits per heavy atom. The van der Waals surface area contributed by atoms with E-state index < -0.39 is 0 Å². The molecule has 0 saturated carbocycles.